The molecule has 9 heteroatoms. The first-order valence-corrected chi connectivity index (χ1v) is 8.20. The van der Waals surface area contributed by atoms with Gasteiger partial charge in [-0.15, -0.1) is 0 Å². The molecule has 0 aliphatic carbocycles. The average molecular weight is 360 g/mol. The van der Waals surface area contributed by atoms with Crippen molar-refractivity contribution in [1.82, 2.24) is 9.29 Å². The predicted octanol–water partition coefficient (Wildman–Crippen LogP) is 2.76. The number of nitrogens with zero attached hydrogens (tertiary/aromatic N) is 2. The van der Waals surface area contributed by atoms with Gasteiger partial charge in [0.2, 0.25) is 0 Å². The Morgan fingerprint density at radius 3 is 2.54 bits per heavy atom. The van der Waals surface area contributed by atoms with Gasteiger partial charge in [0.25, 0.3) is 5.91 Å². The molecule has 0 saturated carbocycles. The normalized spacial score (nSPS) is 16.7. The van der Waals surface area contributed by atoms with Gasteiger partial charge in [-0.05, 0) is 24.3 Å². The van der Waals surface area contributed by atoms with Crippen LogP contribution in [0.25, 0.3) is 5.76 Å². The van der Waals surface area contributed by atoms with E-state index in [4.69, 9.17) is 0 Å². The largest absolute Gasteiger partial charge is 2.00 e. The van der Waals surface area contributed by atoms with E-state index >= 15 is 0 Å². The van der Waals surface area contributed by atoms with E-state index in [1.807, 2.05) is 0 Å². The van der Waals surface area contributed by atoms with E-state index in [9.17, 15) is 19.0 Å². The molecule has 2 aromatic rings. The number of pyridine rings is 1. The SMILES string of the molecule is CN1C(C(=O)Nc2ccccn2)=C(O)c2ccccc2S1(O)O.[H-].[H-].[Mg+2]. The molecule has 4 N–H and O–H groups in total. The number of rotatable bonds is 2. The first-order chi connectivity index (χ1) is 10.9. The molecule has 1 amide bonds. The van der Waals surface area contributed by atoms with Crippen LogP contribution >= 0.6 is 10.8 Å². The summed E-state index contributed by atoms with van der Waals surface area (Å²) in [5.74, 6) is -0.706. The van der Waals surface area contributed by atoms with Crippen molar-refractivity contribution < 1.29 is 21.9 Å². The molecule has 2 heterocycles. The first-order valence-electron chi connectivity index (χ1n) is 6.70. The van der Waals surface area contributed by atoms with Crippen LogP contribution < -0.4 is 5.32 Å². The van der Waals surface area contributed by atoms with E-state index < -0.39 is 16.7 Å². The van der Waals surface area contributed by atoms with Crippen molar-refractivity contribution in [1.29, 1.82) is 0 Å². The van der Waals surface area contributed by atoms with Gasteiger partial charge in [0.1, 0.15) is 5.82 Å². The second kappa shape index (κ2) is 6.99. The summed E-state index contributed by atoms with van der Waals surface area (Å²) in [6.45, 7) is 0. The van der Waals surface area contributed by atoms with E-state index in [2.05, 4.69) is 10.3 Å². The minimum atomic E-state index is -3.41. The van der Waals surface area contributed by atoms with Gasteiger partial charge in [0.05, 0.1) is 4.90 Å². The summed E-state index contributed by atoms with van der Waals surface area (Å²) in [5, 5.41) is 12.9. The molecule has 7 nitrogen and oxygen atoms in total. The Hall–Kier alpha value is -1.78. The Bertz CT molecular complexity index is 808. The number of fused-ring (bicyclic) bond motifs is 1. The van der Waals surface area contributed by atoms with Crippen LogP contribution in [0, 0.1) is 0 Å². The minimum absolute atomic E-state index is 0. The fraction of sp³-hybridized carbons (Fsp3) is 0.0667. The summed E-state index contributed by atoms with van der Waals surface area (Å²) >= 11 is 0. The zero-order valence-electron chi connectivity index (χ0n) is 14.9. The van der Waals surface area contributed by atoms with E-state index in [0.717, 1.165) is 4.31 Å². The van der Waals surface area contributed by atoms with Crippen molar-refractivity contribution in [2.45, 2.75) is 4.90 Å². The third-order valence-electron chi connectivity index (χ3n) is 3.48. The van der Waals surface area contributed by atoms with Gasteiger partial charge >= 0.3 is 23.1 Å². The fourth-order valence-electron chi connectivity index (χ4n) is 2.32. The quantitative estimate of drug-likeness (QED) is 0.614. The monoisotopic (exact) mass is 359 g/mol. The number of carbonyl (C=O) groups is 1. The maximum Gasteiger partial charge on any atom is 2.00 e. The van der Waals surface area contributed by atoms with Crippen molar-refractivity contribution in [3.05, 3.63) is 59.9 Å². The van der Waals surface area contributed by atoms with Crippen LogP contribution in [-0.4, -0.2) is 59.5 Å². The van der Waals surface area contributed by atoms with Crippen LogP contribution in [0.4, 0.5) is 5.82 Å². The zero-order valence-corrected chi connectivity index (χ0v) is 15.1. The van der Waals surface area contributed by atoms with Gasteiger partial charge in [-0.2, -0.15) is 0 Å². The molecule has 0 atom stereocenters. The predicted molar refractivity (Wildman–Crippen MR) is 95.7 cm³/mol. The Kier molecular flexibility index (Phi) is 5.40. The number of carbonyl (C=O) groups excluding carboxylic acids is 1. The molecule has 3 rings (SSSR count). The molecule has 124 valence electrons. The molecule has 24 heavy (non-hydrogen) atoms. The van der Waals surface area contributed by atoms with E-state index in [1.54, 1.807) is 30.3 Å². The molecule has 1 aliphatic rings. The molecule has 0 unspecified atom stereocenters. The number of likely N-dealkylation sites (N-methyl/N-ethyl adjacent to an activating group) is 1. The van der Waals surface area contributed by atoms with Gasteiger partial charge < -0.3 is 13.3 Å². The fourth-order valence-corrected chi connectivity index (χ4v) is 3.76. The topological polar surface area (TPSA) is 106 Å². The van der Waals surface area contributed by atoms with E-state index in [-0.39, 0.29) is 47.8 Å². The molecule has 0 fully saturated rings. The van der Waals surface area contributed by atoms with Gasteiger partial charge in [0.15, 0.2) is 11.5 Å². The number of hydrogen-bond acceptors (Lipinski definition) is 6. The second-order valence-electron chi connectivity index (χ2n) is 4.88. The summed E-state index contributed by atoms with van der Waals surface area (Å²) in [6, 6.07) is 11.3. The molecular weight excluding hydrogens is 343 g/mol. The third kappa shape index (κ3) is 3.08. The van der Waals surface area contributed by atoms with E-state index in [0.29, 0.717) is 5.82 Å². The van der Waals surface area contributed by atoms with Crippen molar-refractivity contribution in [3.63, 3.8) is 0 Å². The standard InChI is InChI=1S/C15H15N3O4S.Mg.2H/c1-18-13(15(20)17-12-8-4-5-9-16-12)14(19)10-6-2-3-7-11(10)23(18,21)22;;;/h2-9,19,21-22H,1H3,(H,16,17,20);;;/q;+2;2*-1. The number of amides is 1. The van der Waals surface area contributed by atoms with Crippen molar-refractivity contribution in [2.75, 3.05) is 12.4 Å². The summed E-state index contributed by atoms with van der Waals surface area (Å²) in [4.78, 5) is 16.6. The van der Waals surface area contributed by atoms with Gasteiger partial charge in [0, 0.05) is 18.8 Å². The summed E-state index contributed by atoms with van der Waals surface area (Å²) in [6.07, 6.45) is 1.51. The van der Waals surface area contributed by atoms with Crippen LogP contribution in [0.2, 0.25) is 0 Å². The van der Waals surface area contributed by atoms with Crippen LogP contribution in [0.1, 0.15) is 8.42 Å². The van der Waals surface area contributed by atoms with Crippen LogP contribution in [-0.2, 0) is 4.79 Å². The van der Waals surface area contributed by atoms with Crippen molar-refractivity contribution in [2.24, 2.45) is 0 Å². The van der Waals surface area contributed by atoms with Crippen molar-refractivity contribution in [3.8, 4) is 0 Å². The maximum atomic E-state index is 12.5. The Morgan fingerprint density at radius 1 is 1.21 bits per heavy atom. The summed E-state index contributed by atoms with van der Waals surface area (Å²) < 4.78 is 21.8. The number of anilines is 1. The number of benzene rings is 1. The number of nitrogens with one attached hydrogen (secondary N) is 1. The van der Waals surface area contributed by atoms with E-state index in [1.165, 1.54) is 25.4 Å². The first kappa shape index (κ1) is 18.6. The Labute approximate surface area is 159 Å². The Balaban J connectivity index is 0.00000208. The molecule has 0 radical (unpaired) electrons. The number of aliphatic hydroxyl groups excluding tert-OH is 1. The number of aromatic nitrogens is 1. The van der Waals surface area contributed by atoms with Gasteiger partial charge in [-0.25, -0.2) is 4.98 Å². The van der Waals surface area contributed by atoms with Gasteiger partial charge in [-0.1, -0.05) is 29.0 Å². The smallest absolute Gasteiger partial charge is 1.00 e. The molecule has 1 aliphatic heterocycles. The Morgan fingerprint density at radius 2 is 1.88 bits per heavy atom. The molecule has 0 spiro atoms. The molecule has 1 aromatic carbocycles. The third-order valence-corrected chi connectivity index (χ3v) is 5.37. The van der Waals surface area contributed by atoms with Gasteiger partial charge in [-0.3, -0.25) is 18.2 Å². The van der Waals surface area contributed by atoms with Crippen molar-refractivity contribution >= 4 is 51.3 Å². The second-order valence-corrected chi connectivity index (χ2v) is 6.90. The molecule has 0 saturated heterocycles. The minimum Gasteiger partial charge on any atom is -1.00 e. The van der Waals surface area contributed by atoms with Crippen LogP contribution in [0.5, 0.6) is 0 Å². The average Bonchev–Trinajstić information content (AvgIpc) is 2.54. The molecular formula is C15H17MgN3O4S. The molecule has 0 bridgehead atoms. The summed E-state index contributed by atoms with van der Waals surface area (Å²) in [5.41, 5.74) is -0.00822. The molecule has 1 aromatic heterocycles. The summed E-state index contributed by atoms with van der Waals surface area (Å²) in [7, 11) is -2.06. The zero-order chi connectivity index (χ0) is 16.6. The number of hydrogen-bond donors (Lipinski definition) is 4. The van der Waals surface area contributed by atoms with Crippen LogP contribution in [0.15, 0.2) is 59.3 Å². The van der Waals surface area contributed by atoms with Crippen LogP contribution in [0.3, 0.4) is 0 Å². The number of aliphatic hydroxyl groups is 1. The maximum absolute atomic E-state index is 12.5.